The van der Waals surface area contributed by atoms with E-state index in [0.717, 1.165) is 24.1 Å². The first-order chi connectivity index (χ1) is 9.63. The van der Waals surface area contributed by atoms with E-state index >= 15 is 0 Å². The van der Waals surface area contributed by atoms with E-state index in [1.54, 1.807) is 11.0 Å². The lowest BCUT2D eigenvalue weighted by molar-refractivity contribution is -0.119. The zero-order valence-corrected chi connectivity index (χ0v) is 12.2. The molecule has 4 heteroatoms. The Morgan fingerprint density at radius 2 is 1.85 bits per heavy atom. The number of hydrogen-bond donors (Lipinski definition) is 0. The maximum atomic E-state index is 13.9. The third kappa shape index (κ3) is 1.45. The van der Waals surface area contributed by atoms with Gasteiger partial charge in [0.1, 0.15) is 5.82 Å². The van der Waals surface area contributed by atoms with Gasteiger partial charge in [-0.2, -0.15) is 0 Å². The van der Waals surface area contributed by atoms with Crippen LogP contribution in [0, 0.1) is 5.82 Å². The predicted molar refractivity (Wildman–Crippen MR) is 78.6 cm³/mol. The lowest BCUT2D eigenvalue weighted by Crippen LogP contribution is -2.27. The van der Waals surface area contributed by atoms with Crippen LogP contribution in [0.5, 0.6) is 0 Å². The van der Waals surface area contributed by atoms with Crippen molar-refractivity contribution in [3.05, 3.63) is 58.3 Å². The van der Waals surface area contributed by atoms with Crippen LogP contribution in [0.1, 0.15) is 18.4 Å². The molecule has 2 aliphatic rings. The molecule has 1 saturated carbocycles. The van der Waals surface area contributed by atoms with Crippen molar-refractivity contribution in [1.29, 1.82) is 0 Å². The molecule has 20 heavy (non-hydrogen) atoms. The van der Waals surface area contributed by atoms with E-state index in [1.807, 2.05) is 30.3 Å². The Morgan fingerprint density at radius 1 is 1.15 bits per heavy atom. The van der Waals surface area contributed by atoms with Crippen LogP contribution in [0.25, 0.3) is 0 Å². The number of anilines is 2. The van der Waals surface area contributed by atoms with Gasteiger partial charge in [-0.25, -0.2) is 4.39 Å². The molecule has 1 aliphatic heterocycles. The van der Waals surface area contributed by atoms with Gasteiger partial charge in [0.25, 0.3) is 0 Å². The Balaban J connectivity index is 1.96. The summed E-state index contributed by atoms with van der Waals surface area (Å²) in [7, 11) is 0. The normalized spacial score (nSPS) is 18.5. The van der Waals surface area contributed by atoms with E-state index in [1.165, 1.54) is 6.07 Å². The highest BCUT2D eigenvalue weighted by Crippen LogP contribution is 2.59. The minimum Gasteiger partial charge on any atom is -0.280 e. The first kappa shape index (κ1) is 12.1. The van der Waals surface area contributed by atoms with E-state index in [0.29, 0.717) is 10.2 Å². The van der Waals surface area contributed by atoms with Gasteiger partial charge in [-0.15, -0.1) is 0 Å². The molecule has 0 radical (unpaired) electrons. The van der Waals surface area contributed by atoms with Crippen LogP contribution in [0.3, 0.4) is 0 Å². The number of hydrogen-bond acceptors (Lipinski definition) is 1. The van der Waals surface area contributed by atoms with E-state index in [4.69, 9.17) is 0 Å². The monoisotopic (exact) mass is 331 g/mol. The third-order valence-corrected chi connectivity index (χ3v) is 4.78. The van der Waals surface area contributed by atoms with Gasteiger partial charge in [0, 0.05) is 5.69 Å². The maximum Gasteiger partial charge on any atom is 0.242 e. The smallest absolute Gasteiger partial charge is 0.242 e. The van der Waals surface area contributed by atoms with E-state index in [9.17, 15) is 9.18 Å². The molecule has 0 atom stereocenters. The summed E-state index contributed by atoms with van der Waals surface area (Å²) in [5, 5.41) is 0. The van der Waals surface area contributed by atoms with Crippen molar-refractivity contribution in [2.45, 2.75) is 18.3 Å². The quantitative estimate of drug-likeness (QED) is 0.763. The van der Waals surface area contributed by atoms with Crippen molar-refractivity contribution in [2.24, 2.45) is 0 Å². The van der Waals surface area contributed by atoms with Gasteiger partial charge in [-0.05, 0) is 58.6 Å². The van der Waals surface area contributed by atoms with Gasteiger partial charge >= 0.3 is 0 Å². The molecular weight excluding hydrogens is 321 g/mol. The highest BCUT2D eigenvalue weighted by Gasteiger charge is 2.59. The molecule has 2 nitrogen and oxygen atoms in total. The average Bonchev–Trinajstić information content (AvgIpc) is 3.21. The van der Waals surface area contributed by atoms with Crippen LogP contribution in [0.4, 0.5) is 15.8 Å². The highest BCUT2D eigenvalue weighted by atomic mass is 79.9. The molecule has 0 aromatic heterocycles. The molecule has 0 saturated heterocycles. The zero-order chi connectivity index (χ0) is 13.9. The molecule has 1 amide bonds. The van der Waals surface area contributed by atoms with Crippen molar-refractivity contribution >= 4 is 33.2 Å². The Bertz CT molecular complexity index is 725. The topological polar surface area (TPSA) is 20.3 Å². The number of carbonyl (C=O) groups is 1. The predicted octanol–water partition coefficient (Wildman–Crippen LogP) is 4.30. The van der Waals surface area contributed by atoms with Gasteiger partial charge in [0.05, 0.1) is 15.6 Å². The molecule has 100 valence electrons. The second-order valence-corrected chi connectivity index (χ2v) is 6.20. The van der Waals surface area contributed by atoms with Gasteiger partial charge in [-0.1, -0.05) is 18.2 Å². The molecule has 1 aliphatic carbocycles. The number of nitrogens with zero attached hydrogens (tertiary/aromatic N) is 1. The lowest BCUT2D eigenvalue weighted by atomic mass is 9.98. The van der Waals surface area contributed by atoms with Gasteiger partial charge in [-0.3, -0.25) is 9.69 Å². The first-order valence-electron chi connectivity index (χ1n) is 6.53. The summed E-state index contributed by atoms with van der Waals surface area (Å²) >= 11 is 3.22. The number of benzene rings is 2. The number of carbonyl (C=O) groups excluding carboxylic acids is 1. The highest BCUT2D eigenvalue weighted by molar-refractivity contribution is 9.10. The molecule has 1 fully saturated rings. The molecule has 1 heterocycles. The van der Waals surface area contributed by atoms with Crippen molar-refractivity contribution < 1.29 is 9.18 Å². The number of halogens is 2. The van der Waals surface area contributed by atoms with Crippen LogP contribution in [0.15, 0.2) is 46.9 Å². The van der Waals surface area contributed by atoms with Gasteiger partial charge in [0.15, 0.2) is 0 Å². The van der Waals surface area contributed by atoms with Crippen LogP contribution in [-0.2, 0) is 10.2 Å². The van der Waals surface area contributed by atoms with Gasteiger partial charge < -0.3 is 0 Å². The Morgan fingerprint density at radius 3 is 2.50 bits per heavy atom. The molecule has 0 N–H and O–H groups in total. The second-order valence-electron chi connectivity index (χ2n) is 5.34. The van der Waals surface area contributed by atoms with Crippen LogP contribution in [0.2, 0.25) is 0 Å². The third-order valence-electron chi connectivity index (χ3n) is 4.17. The molecule has 2 aromatic rings. The van der Waals surface area contributed by atoms with Crippen molar-refractivity contribution in [1.82, 2.24) is 0 Å². The number of para-hydroxylation sites is 1. The van der Waals surface area contributed by atoms with Crippen molar-refractivity contribution in [2.75, 3.05) is 4.90 Å². The first-order valence-corrected chi connectivity index (χ1v) is 7.32. The summed E-state index contributed by atoms with van der Waals surface area (Å²) in [5.41, 5.74) is 2.00. The summed E-state index contributed by atoms with van der Waals surface area (Å²) in [4.78, 5) is 14.4. The van der Waals surface area contributed by atoms with Gasteiger partial charge in [0.2, 0.25) is 5.91 Å². The van der Waals surface area contributed by atoms with Crippen LogP contribution >= 0.6 is 15.9 Å². The maximum absolute atomic E-state index is 13.9. The summed E-state index contributed by atoms with van der Waals surface area (Å²) in [5.74, 6) is -0.272. The molecule has 2 aromatic carbocycles. The summed E-state index contributed by atoms with van der Waals surface area (Å²) in [6.45, 7) is 0. The SMILES string of the molecule is O=C1N(c2ccccc2)c2cc(F)c(Br)cc2C12CC2. The van der Waals surface area contributed by atoms with Crippen molar-refractivity contribution in [3.63, 3.8) is 0 Å². The largest absolute Gasteiger partial charge is 0.280 e. The molecule has 1 spiro atoms. The lowest BCUT2D eigenvalue weighted by Gasteiger charge is -2.18. The minimum absolute atomic E-state index is 0.0659. The number of rotatable bonds is 1. The molecule has 0 bridgehead atoms. The van der Waals surface area contributed by atoms with Crippen LogP contribution < -0.4 is 4.90 Å². The van der Waals surface area contributed by atoms with E-state index in [2.05, 4.69) is 15.9 Å². The summed E-state index contributed by atoms with van der Waals surface area (Å²) in [6.07, 6.45) is 1.69. The Hall–Kier alpha value is -1.68. The average molecular weight is 332 g/mol. The fourth-order valence-electron chi connectivity index (χ4n) is 2.98. The van der Waals surface area contributed by atoms with Crippen molar-refractivity contribution in [3.8, 4) is 0 Å². The zero-order valence-electron chi connectivity index (χ0n) is 10.6. The fraction of sp³-hybridized carbons (Fsp3) is 0.188. The Labute approximate surface area is 124 Å². The number of amides is 1. The van der Waals surface area contributed by atoms with E-state index < -0.39 is 5.41 Å². The minimum atomic E-state index is -0.415. The Kier molecular flexibility index (Phi) is 2.37. The molecular formula is C16H11BrFNO. The second kappa shape index (κ2) is 3.92. The molecule has 4 rings (SSSR count). The fourth-order valence-corrected chi connectivity index (χ4v) is 3.33. The summed E-state index contributed by atoms with van der Waals surface area (Å²) in [6, 6.07) is 12.6. The van der Waals surface area contributed by atoms with Crippen LogP contribution in [-0.4, -0.2) is 5.91 Å². The summed E-state index contributed by atoms with van der Waals surface area (Å²) < 4.78 is 14.3. The number of fused-ring (bicyclic) bond motifs is 2. The van der Waals surface area contributed by atoms with E-state index in [-0.39, 0.29) is 11.7 Å². The molecule has 0 unspecified atom stereocenters. The standard InChI is InChI=1S/C16H11BrFNO/c17-12-8-11-14(9-13(12)18)19(10-4-2-1-3-5-10)15(20)16(11)6-7-16/h1-5,8-9H,6-7H2.